The molecule has 2 nitrogen and oxygen atoms in total. The van der Waals surface area contributed by atoms with Gasteiger partial charge in [0.1, 0.15) is 11.9 Å². The number of benzene rings is 2. The van der Waals surface area contributed by atoms with Crippen molar-refractivity contribution in [2.45, 2.75) is 79.9 Å². The summed E-state index contributed by atoms with van der Waals surface area (Å²) in [5.74, 6) is 2.28. The number of hydrogen-bond acceptors (Lipinski definition) is 2. The second-order valence-electron chi connectivity index (χ2n) is 7.96. The van der Waals surface area contributed by atoms with Gasteiger partial charge in [0, 0.05) is 11.6 Å². The monoisotopic (exact) mass is 442 g/mol. The van der Waals surface area contributed by atoms with Gasteiger partial charge in [0.05, 0.1) is 6.54 Å². The minimum Gasteiger partial charge on any atom is -0.476 e. The number of anilines is 1. The van der Waals surface area contributed by atoms with E-state index >= 15 is 0 Å². The van der Waals surface area contributed by atoms with E-state index in [4.69, 9.17) is 4.74 Å². The van der Waals surface area contributed by atoms with Crippen LogP contribution < -0.4 is 4.90 Å². The summed E-state index contributed by atoms with van der Waals surface area (Å²) in [4.78, 5) is 2.21. The first-order valence-electron chi connectivity index (χ1n) is 11.9. The van der Waals surface area contributed by atoms with Gasteiger partial charge in [-0.05, 0) is 75.6 Å². The van der Waals surface area contributed by atoms with E-state index in [0.29, 0.717) is 5.92 Å². The van der Waals surface area contributed by atoms with Crippen LogP contribution in [-0.2, 0) is 23.9 Å². The summed E-state index contributed by atoms with van der Waals surface area (Å²) in [5.41, 5.74) is 4.88. The highest BCUT2D eigenvalue weighted by atomic mass is 32.1. The molecule has 0 spiro atoms. The summed E-state index contributed by atoms with van der Waals surface area (Å²) in [5, 5.41) is 0. The average molecular weight is 443 g/mol. The third-order valence-electron chi connectivity index (χ3n) is 5.47. The SMILES string of the molecule is C=C(O[C@@H](CC)C(CCC)CC[SH2+])N(Cc1ccc(C)cc1)c1cccc(C)c1.CC. The number of aryl methyl sites for hydroxylation is 2. The molecule has 31 heavy (non-hydrogen) atoms. The number of ether oxygens (including phenoxy) is 1. The van der Waals surface area contributed by atoms with Crippen molar-refractivity contribution in [3.63, 3.8) is 0 Å². The Labute approximate surface area is 197 Å². The van der Waals surface area contributed by atoms with Crippen molar-refractivity contribution >= 4 is 18.3 Å². The summed E-state index contributed by atoms with van der Waals surface area (Å²) in [6.07, 6.45) is 4.65. The first-order valence-corrected chi connectivity index (χ1v) is 12.6. The molecule has 0 aliphatic heterocycles. The quantitative estimate of drug-likeness (QED) is 0.250. The van der Waals surface area contributed by atoms with Crippen molar-refractivity contribution in [3.8, 4) is 0 Å². The van der Waals surface area contributed by atoms with Crippen molar-refractivity contribution in [1.29, 1.82) is 0 Å². The van der Waals surface area contributed by atoms with Crippen LogP contribution in [0.3, 0.4) is 0 Å². The van der Waals surface area contributed by atoms with Crippen LogP contribution in [0.4, 0.5) is 5.69 Å². The van der Waals surface area contributed by atoms with E-state index < -0.39 is 0 Å². The van der Waals surface area contributed by atoms with Gasteiger partial charge >= 0.3 is 0 Å². The first kappa shape index (κ1) is 27.2. The molecular weight excluding hydrogens is 398 g/mol. The van der Waals surface area contributed by atoms with Crippen molar-refractivity contribution in [2.24, 2.45) is 5.92 Å². The fraction of sp³-hybridized carbons (Fsp3) is 0.500. The zero-order chi connectivity index (χ0) is 23.2. The zero-order valence-corrected chi connectivity index (χ0v) is 21.6. The second kappa shape index (κ2) is 15.0. The fourth-order valence-corrected chi connectivity index (χ4v) is 4.19. The lowest BCUT2D eigenvalue weighted by Crippen LogP contribution is -2.30. The van der Waals surface area contributed by atoms with Crippen LogP contribution in [0.1, 0.15) is 70.1 Å². The predicted molar refractivity (Wildman–Crippen MR) is 142 cm³/mol. The topological polar surface area (TPSA) is 12.5 Å². The molecule has 3 heteroatoms. The Bertz CT molecular complexity index is 750. The lowest BCUT2D eigenvalue weighted by atomic mass is 9.92. The molecule has 2 aromatic carbocycles. The van der Waals surface area contributed by atoms with Crippen LogP contribution >= 0.6 is 0 Å². The van der Waals surface area contributed by atoms with Gasteiger partial charge in [-0.15, -0.1) is 0 Å². The molecule has 0 saturated carbocycles. The Morgan fingerprint density at radius 1 is 1.00 bits per heavy atom. The van der Waals surface area contributed by atoms with Gasteiger partial charge in [-0.3, -0.25) is 0 Å². The van der Waals surface area contributed by atoms with E-state index in [-0.39, 0.29) is 6.10 Å². The molecule has 0 bridgehead atoms. The molecule has 0 aromatic heterocycles. The van der Waals surface area contributed by atoms with Crippen molar-refractivity contribution in [1.82, 2.24) is 0 Å². The van der Waals surface area contributed by atoms with Gasteiger partial charge in [-0.2, -0.15) is 0 Å². The van der Waals surface area contributed by atoms with Crippen LogP contribution in [-0.4, -0.2) is 11.9 Å². The van der Waals surface area contributed by atoms with E-state index in [1.807, 2.05) is 13.8 Å². The Kier molecular flexibility index (Phi) is 13.2. The minimum atomic E-state index is 0.184. The van der Waals surface area contributed by atoms with Gasteiger partial charge in [0.2, 0.25) is 0 Å². The molecule has 2 aromatic rings. The van der Waals surface area contributed by atoms with Gasteiger partial charge in [-0.25, -0.2) is 0 Å². The Balaban J connectivity index is 0.00000233. The molecule has 0 fully saturated rings. The Hall–Kier alpha value is -1.87. The summed E-state index contributed by atoms with van der Waals surface area (Å²) in [6.45, 7) is 17.8. The van der Waals surface area contributed by atoms with E-state index in [0.717, 1.165) is 36.7 Å². The van der Waals surface area contributed by atoms with Crippen LogP contribution in [0.25, 0.3) is 0 Å². The first-order chi connectivity index (χ1) is 15.0. The molecule has 2 rings (SSSR count). The van der Waals surface area contributed by atoms with Crippen molar-refractivity contribution in [2.75, 3.05) is 10.7 Å². The largest absolute Gasteiger partial charge is 0.476 e. The second-order valence-corrected chi connectivity index (χ2v) is 8.46. The van der Waals surface area contributed by atoms with Crippen LogP contribution in [0.15, 0.2) is 61.0 Å². The minimum absolute atomic E-state index is 0.184. The summed E-state index contributed by atoms with van der Waals surface area (Å²) >= 11 is 3.67. The average Bonchev–Trinajstić information content (AvgIpc) is 2.78. The number of nitrogens with zero attached hydrogens (tertiary/aromatic N) is 1. The fourth-order valence-electron chi connectivity index (χ4n) is 3.82. The predicted octanol–water partition coefficient (Wildman–Crippen LogP) is 7.42. The lowest BCUT2D eigenvalue weighted by Gasteiger charge is -2.33. The molecule has 0 radical (unpaired) electrons. The third-order valence-corrected chi connectivity index (χ3v) is 5.75. The van der Waals surface area contributed by atoms with Gasteiger partial charge in [-0.1, -0.05) is 76.1 Å². The highest BCUT2D eigenvalue weighted by molar-refractivity contribution is 7.58. The van der Waals surface area contributed by atoms with E-state index in [1.54, 1.807) is 0 Å². The van der Waals surface area contributed by atoms with Gasteiger partial charge in [0.25, 0.3) is 0 Å². The molecule has 0 amide bonds. The molecule has 0 saturated heterocycles. The van der Waals surface area contributed by atoms with Gasteiger partial charge < -0.3 is 9.64 Å². The molecule has 0 aliphatic carbocycles. The molecule has 0 N–H and O–H groups in total. The third kappa shape index (κ3) is 9.03. The van der Waals surface area contributed by atoms with E-state index in [9.17, 15) is 0 Å². The van der Waals surface area contributed by atoms with E-state index in [2.05, 4.69) is 100 Å². The summed E-state index contributed by atoms with van der Waals surface area (Å²) < 4.78 is 6.53. The molecule has 0 heterocycles. The Morgan fingerprint density at radius 3 is 2.23 bits per heavy atom. The summed E-state index contributed by atoms with van der Waals surface area (Å²) in [6, 6.07) is 17.3. The number of hydrogen-bond donors (Lipinski definition) is 0. The maximum absolute atomic E-state index is 6.53. The molecule has 1 unspecified atom stereocenters. The highest BCUT2D eigenvalue weighted by Crippen LogP contribution is 2.28. The van der Waals surface area contributed by atoms with Crippen LogP contribution in [0.2, 0.25) is 0 Å². The smallest absolute Gasteiger partial charge is 0.186 e. The maximum atomic E-state index is 6.53. The van der Waals surface area contributed by atoms with Crippen molar-refractivity contribution < 1.29 is 4.74 Å². The molecule has 2 atom stereocenters. The normalized spacial score (nSPS) is 12.4. The lowest BCUT2D eigenvalue weighted by molar-refractivity contribution is 0.0517. The highest BCUT2D eigenvalue weighted by Gasteiger charge is 2.24. The van der Waals surface area contributed by atoms with Crippen LogP contribution in [0, 0.1) is 19.8 Å². The molecule has 172 valence electrons. The zero-order valence-electron chi connectivity index (χ0n) is 20.6. The Morgan fingerprint density at radius 2 is 1.68 bits per heavy atom. The van der Waals surface area contributed by atoms with Gasteiger partial charge in [0.15, 0.2) is 5.88 Å². The summed E-state index contributed by atoms with van der Waals surface area (Å²) in [7, 11) is 0. The standard InChI is InChI=1S/C26H37NOS.C2H6/c1-6-9-24(16-17-29)26(7-2)28-22(5)27(25-11-8-10-21(4)18-25)19-23-14-12-20(3)13-15-23;1-2/h8,10-15,18,24,26,29H,5-7,9,16-17,19H2,1-4H3;1-2H3/p+1/t24?,26-;/m0./s1. The van der Waals surface area contributed by atoms with Crippen molar-refractivity contribution in [3.05, 3.63) is 77.7 Å². The number of rotatable bonds is 12. The maximum Gasteiger partial charge on any atom is 0.186 e. The van der Waals surface area contributed by atoms with Crippen LogP contribution in [0.5, 0.6) is 0 Å². The van der Waals surface area contributed by atoms with E-state index in [1.165, 1.54) is 29.5 Å². The molecule has 0 aliphatic rings. The molecular formula is C28H44NOS+.